The summed E-state index contributed by atoms with van der Waals surface area (Å²) in [7, 11) is 5.78. The predicted octanol–water partition coefficient (Wildman–Crippen LogP) is 2.24. The minimum atomic E-state index is -0.169. The Balaban J connectivity index is 1.56. The molecule has 2 amide bonds. The van der Waals surface area contributed by atoms with Crippen molar-refractivity contribution in [1.29, 1.82) is 0 Å². The Hall–Kier alpha value is -2.96. The summed E-state index contributed by atoms with van der Waals surface area (Å²) in [6.45, 7) is 1.27. The molecule has 0 N–H and O–H groups in total. The summed E-state index contributed by atoms with van der Waals surface area (Å²) in [6.07, 6.45) is 7.62. The Morgan fingerprint density at radius 2 is 2.03 bits per heavy atom. The van der Waals surface area contributed by atoms with Crippen LogP contribution in [0.25, 0.3) is 0 Å². The van der Waals surface area contributed by atoms with Gasteiger partial charge in [0, 0.05) is 64.8 Å². The molecule has 0 radical (unpaired) electrons. The fraction of sp³-hybridized carbons (Fsp3) is 0.455. The van der Waals surface area contributed by atoms with Crippen molar-refractivity contribution in [1.82, 2.24) is 19.8 Å². The van der Waals surface area contributed by atoms with Gasteiger partial charge in [0.05, 0.1) is 6.20 Å². The number of hydrogen-bond donors (Lipinski definition) is 0. The quantitative estimate of drug-likeness (QED) is 0.719. The van der Waals surface area contributed by atoms with Crippen molar-refractivity contribution in [3.63, 3.8) is 0 Å². The van der Waals surface area contributed by atoms with Crippen molar-refractivity contribution < 1.29 is 9.59 Å². The third-order valence-corrected chi connectivity index (χ3v) is 5.37. The zero-order valence-corrected chi connectivity index (χ0v) is 17.4. The van der Waals surface area contributed by atoms with Gasteiger partial charge in [0.25, 0.3) is 5.91 Å². The number of rotatable bonds is 7. The number of hydrogen-bond acceptors (Lipinski definition) is 5. The zero-order chi connectivity index (χ0) is 20.8. The van der Waals surface area contributed by atoms with Crippen LogP contribution in [0.1, 0.15) is 35.3 Å². The Morgan fingerprint density at radius 3 is 2.76 bits per heavy atom. The van der Waals surface area contributed by atoms with Gasteiger partial charge in [-0.3, -0.25) is 14.6 Å². The fourth-order valence-corrected chi connectivity index (χ4v) is 3.74. The smallest absolute Gasteiger partial charge is 0.273 e. The van der Waals surface area contributed by atoms with Crippen molar-refractivity contribution in [2.24, 2.45) is 0 Å². The summed E-state index contributed by atoms with van der Waals surface area (Å²) in [6, 6.07) is 8.34. The van der Waals surface area contributed by atoms with E-state index in [4.69, 9.17) is 0 Å². The second-order valence-electron chi connectivity index (χ2n) is 7.72. The summed E-state index contributed by atoms with van der Waals surface area (Å²) >= 11 is 0. The van der Waals surface area contributed by atoms with Gasteiger partial charge in [-0.25, -0.2) is 4.98 Å². The number of amides is 2. The van der Waals surface area contributed by atoms with Gasteiger partial charge in [0.2, 0.25) is 5.91 Å². The first-order chi connectivity index (χ1) is 14.0. The lowest BCUT2D eigenvalue weighted by molar-refractivity contribution is -0.132. The molecule has 3 rings (SSSR count). The van der Waals surface area contributed by atoms with E-state index >= 15 is 0 Å². The van der Waals surface area contributed by atoms with Gasteiger partial charge in [0.1, 0.15) is 5.69 Å². The summed E-state index contributed by atoms with van der Waals surface area (Å²) < 4.78 is 0. The Kier molecular flexibility index (Phi) is 6.80. The zero-order valence-electron chi connectivity index (χ0n) is 17.4. The Labute approximate surface area is 172 Å². The van der Waals surface area contributed by atoms with E-state index in [9.17, 15) is 9.59 Å². The van der Waals surface area contributed by atoms with Gasteiger partial charge in [0.15, 0.2) is 0 Å². The van der Waals surface area contributed by atoms with Crippen LogP contribution in [0.2, 0.25) is 0 Å². The van der Waals surface area contributed by atoms with Crippen LogP contribution in [-0.4, -0.2) is 71.9 Å². The largest absolute Gasteiger partial charge is 0.378 e. The van der Waals surface area contributed by atoms with Crippen LogP contribution in [0, 0.1) is 0 Å². The number of carbonyl (C=O) groups is 2. The van der Waals surface area contributed by atoms with Crippen LogP contribution in [0.5, 0.6) is 0 Å². The normalized spacial score (nSPS) is 16.0. The molecular weight excluding hydrogens is 366 g/mol. The number of likely N-dealkylation sites (tertiary alicyclic amines) is 1. The van der Waals surface area contributed by atoms with E-state index in [-0.39, 0.29) is 17.9 Å². The minimum Gasteiger partial charge on any atom is -0.378 e. The number of nitrogens with zero attached hydrogens (tertiary/aromatic N) is 5. The maximum atomic E-state index is 12.9. The van der Waals surface area contributed by atoms with E-state index in [1.165, 1.54) is 12.4 Å². The van der Waals surface area contributed by atoms with Crippen molar-refractivity contribution in [3.8, 4) is 0 Å². The molecule has 1 atom stereocenters. The molecular formula is C22H29N5O2. The lowest BCUT2D eigenvalue weighted by Gasteiger charge is -2.29. The average molecular weight is 396 g/mol. The van der Waals surface area contributed by atoms with E-state index in [0.29, 0.717) is 18.7 Å². The SMILES string of the molecule is CN(CC1CCCN1C(=O)CCc1cccc(N(C)C)c1)C(=O)c1cnccn1. The molecule has 0 saturated carbocycles. The first-order valence-electron chi connectivity index (χ1n) is 10.0. The van der Waals surface area contributed by atoms with E-state index in [1.807, 2.05) is 25.1 Å². The standard InChI is InChI=1S/C22H29N5O2/c1-25(2)18-7-4-6-17(14-18)9-10-21(28)27-13-5-8-19(27)16-26(3)22(29)20-15-23-11-12-24-20/h4,6-7,11-12,14-15,19H,5,8-10,13,16H2,1-3H3. The van der Waals surface area contributed by atoms with Gasteiger partial charge in [-0.2, -0.15) is 0 Å². The Bertz CT molecular complexity index is 840. The average Bonchev–Trinajstić information content (AvgIpc) is 3.20. The van der Waals surface area contributed by atoms with Crippen molar-refractivity contribution in [3.05, 3.63) is 54.1 Å². The number of anilines is 1. The van der Waals surface area contributed by atoms with E-state index in [1.54, 1.807) is 18.1 Å². The van der Waals surface area contributed by atoms with E-state index < -0.39 is 0 Å². The highest BCUT2D eigenvalue weighted by Gasteiger charge is 2.30. The fourth-order valence-electron chi connectivity index (χ4n) is 3.74. The summed E-state index contributed by atoms with van der Waals surface area (Å²) in [4.78, 5) is 39.1. The molecule has 1 aromatic heterocycles. The van der Waals surface area contributed by atoms with Gasteiger partial charge in [-0.15, -0.1) is 0 Å². The molecule has 29 heavy (non-hydrogen) atoms. The van der Waals surface area contributed by atoms with Crippen LogP contribution in [0.4, 0.5) is 5.69 Å². The molecule has 1 unspecified atom stereocenters. The second kappa shape index (κ2) is 9.49. The van der Waals surface area contributed by atoms with Gasteiger partial charge in [-0.1, -0.05) is 12.1 Å². The van der Waals surface area contributed by atoms with Crippen LogP contribution >= 0.6 is 0 Å². The van der Waals surface area contributed by atoms with Gasteiger partial charge in [-0.05, 0) is 37.0 Å². The van der Waals surface area contributed by atoms with Crippen LogP contribution in [-0.2, 0) is 11.2 Å². The molecule has 0 bridgehead atoms. The van der Waals surface area contributed by atoms with Crippen LogP contribution in [0.3, 0.4) is 0 Å². The highest BCUT2D eigenvalue weighted by Crippen LogP contribution is 2.21. The third-order valence-electron chi connectivity index (χ3n) is 5.37. The lowest BCUT2D eigenvalue weighted by atomic mass is 10.1. The molecule has 7 nitrogen and oxygen atoms in total. The molecule has 0 spiro atoms. The number of carbonyl (C=O) groups excluding carboxylic acids is 2. The molecule has 2 heterocycles. The number of benzene rings is 1. The van der Waals surface area contributed by atoms with Crippen molar-refractivity contribution in [2.45, 2.75) is 31.7 Å². The highest BCUT2D eigenvalue weighted by molar-refractivity contribution is 5.91. The maximum absolute atomic E-state index is 12.9. The number of likely N-dealkylation sites (N-methyl/N-ethyl adjacent to an activating group) is 1. The molecule has 154 valence electrons. The number of aromatic nitrogens is 2. The minimum absolute atomic E-state index is 0.0567. The second-order valence-corrected chi connectivity index (χ2v) is 7.72. The van der Waals surface area contributed by atoms with Gasteiger partial charge >= 0.3 is 0 Å². The number of aryl methyl sites for hydroxylation is 1. The molecule has 2 aromatic rings. The van der Waals surface area contributed by atoms with Crippen molar-refractivity contribution >= 4 is 17.5 Å². The highest BCUT2D eigenvalue weighted by atomic mass is 16.2. The van der Waals surface area contributed by atoms with Crippen LogP contribution < -0.4 is 4.90 Å². The monoisotopic (exact) mass is 395 g/mol. The first kappa shape index (κ1) is 20.8. The Morgan fingerprint density at radius 1 is 1.21 bits per heavy atom. The summed E-state index contributed by atoms with van der Waals surface area (Å²) in [5, 5.41) is 0. The molecule has 1 aliphatic rings. The summed E-state index contributed by atoms with van der Waals surface area (Å²) in [5.41, 5.74) is 2.63. The van der Waals surface area contributed by atoms with Crippen LogP contribution in [0.15, 0.2) is 42.9 Å². The molecule has 1 fully saturated rings. The molecule has 0 aliphatic carbocycles. The maximum Gasteiger partial charge on any atom is 0.273 e. The van der Waals surface area contributed by atoms with E-state index in [2.05, 4.69) is 33.1 Å². The van der Waals surface area contributed by atoms with Gasteiger partial charge < -0.3 is 14.7 Å². The van der Waals surface area contributed by atoms with E-state index in [0.717, 1.165) is 37.1 Å². The third kappa shape index (κ3) is 5.31. The topological polar surface area (TPSA) is 69.6 Å². The first-order valence-corrected chi connectivity index (χ1v) is 10.0. The predicted molar refractivity (Wildman–Crippen MR) is 113 cm³/mol. The summed E-state index contributed by atoms with van der Waals surface area (Å²) in [5.74, 6) is -0.0130. The molecule has 7 heteroatoms. The lowest BCUT2D eigenvalue weighted by Crippen LogP contribution is -2.44. The molecule has 1 aromatic carbocycles. The van der Waals surface area contributed by atoms with Crippen molar-refractivity contribution in [2.75, 3.05) is 39.1 Å². The molecule has 1 aliphatic heterocycles. The molecule has 1 saturated heterocycles.